The van der Waals surface area contributed by atoms with Crippen molar-refractivity contribution in [2.45, 2.75) is 64.7 Å². The fraction of sp³-hybridized carbons (Fsp3) is 0.941. The zero-order valence-corrected chi connectivity index (χ0v) is 13.2. The van der Waals surface area contributed by atoms with Gasteiger partial charge in [-0.2, -0.15) is 0 Å². The first kappa shape index (κ1) is 15.8. The van der Waals surface area contributed by atoms with E-state index in [0.717, 1.165) is 50.9 Å². The second kappa shape index (κ2) is 8.66. The summed E-state index contributed by atoms with van der Waals surface area (Å²) in [6, 6.07) is 0. The van der Waals surface area contributed by atoms with Crippen LogP contribution in [-0.4, -0.2) is 37.0 Å². The Hall–Kier alpha value is -0.570. The van der Waals surface area contributed by atoms with E-state index >= 15 is 0 Å². The van der Waals surface area contributed by atoms with Crippen molar-refractivity contribution in [1.29, 1.82) is 0 Å². The number of amides is 1. The van der Waals surface area contributed by atoms with Gasteiger partial charge in [0.2, 0.25) is 5.91 Å². The van der Waals surface area contributed by atoms with Crippen LogP contribution >= 0.6 is 0 Å². The second-order valence-electron chi connectivity index (χ2n) is 6.72. The normalized spacial score (nSPS) is 28.1. The van der Waals surface area contributed by atoms with Crippen LogP contribution in [0.3, 0.4) is 0 Å². The van der Waals surface area contributed by atoms with E-state index in [2.05, 4.69) is 17.1 Å². The highest BCUT2D eigenvalue weighted by molar-refractivity contribution is 5.76. The standard InChI is InChI=1S/C17H32N2O/c1-2-5-15-7-4-12-19(13-10-15)17(20)9-8-16-6-3-11-18-14-16/h15-16,18H,2-14H2,1H3. The third-order valence-corrected chi connectivity index (χ3v) is 5.06. The molecule has 2 unspecified atom stereocenters. The molecule has 20 heavy (non-hydrogen) atoms. The highest BCUT2D eigenvalue weighted by atomic mass is 16.2. The van der Waals surface area contributed by atoms with Crippen molar-refractivity contribution >= 4 is 5.91 Å². The SMILES string of the molecule is CCCC1CCCN(C(=O)CCC2CCCNC2)CC1. The summed E-state index contributed by atoms with van der Waals surface area (Å²) in [4.78, 5) is 14.5. The minimum atomic E-state index is 0.410. The molecule has 2 heterocycles. The molecule has 1 amide bonds. The van der Waals surface area contributed by atoms with Crippen molar-refractivity contribution in [2.75, 3.05) is 26.2 Å². The van der Waals surface area contributed by atoms with Gasteiger partial charge in [-0.1, -0.05) is 19.8 Å². The van der Waals surface area contributed by atoms with Crippen LogP contribution in [0.15, 0.2) is 0 Å². The van der Waals surface area contributed by atoms with Gasteiger partial charge in [0, 0.05) is 19.5 Å². The lowest BCUT2D eigenvalue weighted by Gasteiger charge is -2.25. The van der Waals surface area contributed by atoms with Crippen LogP contribution in [0.5, 0.6) is 0 Å². The first-order valence-corrected chi connectivity index (χ1v) is 8.78. The number of carbonyl (C=O) groups is 1. The van der Waals surface area contributed by atoms with Gasteiger partial charge in [0.25, 0.3) is 0 Å². The summed E-state index contributed by atoms with van der Waals surface area (Å²) in [5.74, 6) is 2.00. The number of piperidine rings is 1. The molecule has 2 aliphatic heterocycles. The van der Waals surface area contributed by atoms with Crippen molar-refractivity contribution in [3.05, 3.63) is 0 Å². The van der Waals surface area contributed by atoms with Gasteiger partial charge in [0.05, 0.1) is 0 Å². The van der Waals surface area contributed by atoms with Crippen LogP contribution in [0, 0.1) is 11.8 Å². The van der Waals surface area contributed by atoms with Crippen LogP contribution in [0.2, 0.25) is 0 Å². The highest BCUT2D eigenvalue weighted by Crippen LogP contribution is 2.23. The van der Waals surface area contributed by atoms with Gasteiger partial charge < -0.3 is 10.2 Å². The molecule has 0 spiro atoms. The van der Waals surface area contributed by atoms with E-state index in [4.69, 9.17) is 0 Å². The molecule has 0 aromatic heterocycles. The quantitative estimate of drug-likeness (QED) is 0.839. The summed E-state index contributed by atoms with van der Waals surface area (Å²) in [5, 5.41) is 3.44. The van der Waals surface area contributed by atoms with Crippen LogP contribution < -0.4 is 5.32 Å². The maximum Gasteiger partial charge on any atom is 0.222 e. The molecule has 116 valence electrons. The van der Waals surface area contributed by atoms with Gasteiger partial charge in [0.15, 0.2) is 0 Å². The molecule has 2 saturated heterocycles. The molecule has 2 rings (SSSR count). The van der Waals surface area contributed by atoms with E-state index in [1.807, 2.05) is 0 Å². The van der Waals surface area contributed by atoms with Crippen molar-refractivity contribution in [2.24, 2.45) is 11.8 Å². The van der Waals surface area contributed by atoms with Crippen molar-refractivity contribution in [3.8, 4) is 0 Å². The average molecular weight is 280 g/mol. The molecule has 0 bridgehead atoms. The molecule has 1 N–H and O–H groups in total. The number of likely N-dealkylation sites (tertiary alicyclic amines) is 1. The van der Waals surface area contributed by atoms with Crippen molar-refractivity contribution in [3.63, 3.8) is 0 Å². The summed E-state index contributed by atoms with van der Waals surface area (Å²) >= 11 is 0. The lowest BCUT2D eigenvalue weighted by Crippen LogP contribution is -2.34. The highest BCUT2D eigenvalue weighted by Gasteiger charge is 2.21. The molecule has 0 aliphatic carbocycles. The molecule has 0 saturated carbocycles. The van der Waals surface area contributed by atoms with Gasteiger partial charge in [0.1, 0.15) is 0 Å². The zero-order chi connectivity index (χ0) is 14.2. The minimum absolute atomic E-state index is 0.410. The van der Waals surface area contributed by atoms with Gasteiger partial charge in [-0.15, -0.1) is 0 Å². The van der Waals surface area contributed by atoms with Crippen LogP contribution in [0.25, 0.3) is 0 Å². The Kier molecular flexibility index (Phi) is 6.85. The number of hydrogen-bond donors (Lipinski definition) is 1. The Bertz CT molecular complexity index is 287. The third-order valence-electron chi connectivity index (χ3n) is 5.06. The molecule has 3 heteroatoms. The topological polar surface area (TPSA) is 32.3 Å². The molecular weight excluding hydrogens is 248 g/mol. The molecular formula is C17H32N2O. The summed E-state index contributed by atoms with van der Waals surface area (Å²) in [7, 11) is 0. The van der Waals surface area contributed by atoms with E-state index in [1.54, 1.807) is 0 Å². The first-order chi connectivity index (χ1) is 9.79. The Morgan fingerprint density at radius 3 is 2.70 bits per heavy atom. The predicted octanol–water partition coefficient (Wildman–Crippen LogP) is 3.20. The van der Waals surface area contributed by atoms with Crippen molar-refractivity contribution in [1.82, 2.24) is 10.2 Å². The number of nitrogens with one attached hydrogen (secondary N) is 1. The Morgan fingerprint density at radius 1 is 1.10 bits per heavy atom. The molecule has 2 aliphatic rings. The van der Waals surface area contributed by atoms with E-state index in [9.17, 15) is 4.79 Å². The molecule has 2 fully saturated rings. The van der Waals surface area contributed by atoms with E-state index in [-0.39, 0.29) is 0 Å². The number of carbonyl (C=O) groups excluding carboxylic acids is 1. The summed E-state index contributed by atoms with van der Waals surface area (Å²) in [6.45, 7) is 6.56. The lowest BCUT2D eigenvalue weighted by molar-refractivity contribution is -0.131. The zero-order valence-electron chi connectivity index (χ0n) is 13.2. The predicted molar refractivity (Wildman–Crippen MR) is 83.7 cm³/mol. The summed E-state index contributed by atoms with van der Waals surface area (Å²) in [5.41, 5.74) is 0. The molecule has 0 radical (unpaired) electrons. The Balaban J connectivity index is 1.69. The van der Waals surface area contributed by atoms with Crippen LogP contribution in [-0.2, 0) is 4.79 Å². The van der Waals surface area contributed by atoms with E-state index < -0.39 is 0 Å². The molecule has 0 aromatic rings. The largest absolute Gasteiger partial charge is 0.343 e. The Morgan fingerprint density at radius 2 is 1.95 bits per heavy atom. The van der Waals surface area contributed by atoms with E-state index in [1.165, 1.54) is 44.9 Å². The number of rotatable bonds is 5. The van der Waals surface area contributed by atoms with Gasteiger partial charge >= 0.3 is 0 Å². The minimum Gasteiger partial charge on any atom is -0.343 e. The van der Waals surface area contributed by atoms with Crippen LogP contribution in [0.1, 0.15) is 64.7 Å². The number of nitrogens with zero attached hydrogens (tertiary/aromatic N) is 1. The summed E-state index contributed by atoms with van der Waals surface area (Å²) in [6.07, 6.45) is 10.8. The van der Waals surface area contributed by atoms with Gasteiger partial charge in [-0.05, 0) is 63.5 Å². The van der Waals surface area contributed by atoms with Gasteiger partial charge in [-0.3, -0.25) is 4.79 Å². The van der Waals surface area contributed by atoms with Crippen LogP contribution in [0.4, 0.5) is 0 Å². The van der Waals surface area contributed by atoms with Gasteiger partial charge in [-0.25, -0.2) is 0 Å². The second-order valence-corrected chi connectivity index (χ2v) is 6.72. The smallest absolute Gasteiger partial charge is 0.222 e. The average Bonchev–Trinajstić information content (AvgIpc) is 2.72. The maximum atomic E-state index is 12.4. The monoisotopic (exact) mass is 280 g/mol. The first-order valence-electron chi connectivity index (χ1n) is 8.78. The lowest BCUT2D eigenvalue weighted by atomic mass is 9.94. The Labute approximate surface area is 124 Å². The maximum absolute atomic E-state index is 12.4. The number of hydrogen-bond acceptors (Lipinski definition) is 2. The van der Waals surface area contributed by atoms with Crippen molar-refractivity contribution < 1.29 is 4.79 Å². The fourth-order valence-electron chi connectivity index (χ4n) is 3.77. The fourth-order valence-corrected chi connectivity index (χ4v) is 3.77. The molecule has 2 atom stereocenters. The summed E-state index contributed by atoms with van der Waals surface area (Å²) < 4.78 is 0. The molecule has 0 aromatic carbocycles. The van der Waals surface area contributed by atoms with E-state index in [0.29, 0.717) is 5.91 Å². The molecule has 3 nitrogen and oxygen atoms in total. The third kappa shape index (κ3) is 5.08.